The number of hydrogen-bond acceptors (Lipinski definition) is 4. The summed E-state index contributed by atoms with van der Waals surface area (Å²) < 4.78 is 26.8. The second kappa shape index (κ2) is 5.07. The van der Waals surface area contributed by atoms with E-state index < -0.39 is 10.0 Å². The fraction of sp³-hybridized carbons (Fsp3) is 0.0833. The summed E-state index contributed by atoms with van der Waals surface area (Å²) in [6.45, 7) is 1.77. The summed E-state index contributed by atoms with van der Waals surface area (Å²) in [6.07, 6.45) is 0. The minimum atomic E-state index is -3.81. The van der Waals surface area contributed by atoms with E-state index in [9.17, 15) is 8.42 Å². The zero-order chi connectivity index (χ0) is 14.0. The van der Waals surface area contributed by atoms with Crippen LogP contribution < -0.4 is 10.5 Å². The minimum Gasteiger partial charge on any atom is -0.399 e. The molecule has 1 aromatic heterocycles. The van der Waals surface area contributed by atoms with Crippen LogP contribution in [0.1, 0.15) is 5.69 Å². The molecule has 0 unspecified atom stereocenters. The highest BCUT2D eigenvalue weighted by atomic mass is 35.5. The Bertz CT molecular complexity index is 717. The summed E-state index contributed by atoms with van der Waals surface area (Å²) in [6, 6.07) is 9.32. The number of halogens is 1. The first-order valence-electron chi connectivity index (χ1n) is 5.40. The van der Waals surface area contributed by atoms with Gasteiger partial charge in [0.25, 0.3) is 10.0 Å². The molecule has 0 aliphatic rings. The lowest BCUT2D eigenvalue weighted by atomic mass is 10.3. The van der Waals surface area contributed by atoms with Crippen molar-refractivity contribution >= 4 is 33.1 Å². The van der Waals surface area contributed by atoms with Gasteiger partial charge in [-0.05, 0) is 37.3 Å². The molecule has 1 aromatic carbocycles. The topological polar surface area (TPSA) is 85.1 Å². The van der Waals surface area contributed by atoms with Gasteiger partial charge in [-0.25, -0.2) is 13.4 Å². The molecule has 0 fully saturated rings. The Morgan fingerprint density at radius 2 is 2.00 bits per heavy atom. The van der Waals surface area contributed by atoms with E-state index in [1.54, 1.807) is 25.1 Å². The number of hydrogen-bond donors (Lipinski definition) is 2. The first-order chi connectivity index (χ1) is 8.88. The van der Waals surface area contributed by atoms with Crippen molar-refractivity contribution in [3.05, 3.63) is 47.1 Å². The third-order valence-corrected chi connectivity index (χ3v) is 4.21. The Balaban J connectivity index is 2.40. The summed E-state index contributed by atoms with van der Waals surface area (Å²) in [5.41, 5.74) is 6.60. The van der Waals surface area contributed by atoms with Gasteiger partial charge in [0.05, 0.1) is 5.02 Å². The minimum absolute atomic E-state index is 0.0718. The number of benzene rings is 1. The van der Waals surface area contributed by atoms with Crippen molar-refractivity contribution in [1.82, 2.24) is 4.98 Å². The van der Waals surface area contributed by atoms with Crippen LogP contribution in [-0.2, 0) is 10.0 Å². The molecule has 0 radical (unpaired) electrons. The quantitative estimate of drug-likeness (QED) is 0.852. The van der Waals surface area contributed by atoms with Crippen molar-refractivity contribution in [2.24, 2.45) is 0 Å². The lowest BCUT2D eigenvalue weighted by Gasteiger charge is -2.09. The highest BCUT2D eigenvalue weighted by Crippen LogP contribution is 2.25. The third-order valence-electron chi connectivity index (χ3n) is 2.37. The van der Waals surface area contributed by atoms with E-state index in [1.807, 2.05) is 0 Å². The van der Waals surface area contributed by atoms with Crippen LogP contribution in [0.15, 0.2) is 41.3 Å². The number of nitrogens with two attached hydrogens (primary N) is 1. The fourth-order valence-electron chi connectivity index (χ4n) is 1.52. The van der Waals surface area contributed by atoms with Crippen molar-refractivity contribution in [2.75, 3.05) is 10.5 Å². The smallest absolute Gasteiger partial charge is 0.264 e. The Labute approximate surface area is 116 Å². The molecule has 2 rings (SSSR count). The molecular weight excluding hydrogens is 286 g/mol. The number of pyridine rings is 1. The van der Waals surface area contributed by atoms with E-state index in [0.29, 0.717) is 11.4 Å². The molecule has 2 aromatic rings. The molecule has 7 heteroatoms. The van der Waals surface area contributed by atoms with Crippen molar-refractivity contribution in [3.63, 3.8) is 0 Å². The van der Waals surface area contributed by atoms with Gasteiger partial charge in [0, 0.05) is 11.4 Å². The predicted octanol–water partition coefficient (Wildman–Crippen LogP) is 2.43. The molecule has 5 nitrogen and oxygen atoms in total. The van der Waals surface area contributed by atoms with E-state index in [2.05, 4.69) is 9.71 Å². The molecule has 0 aliphatic heterocycles. The summed E-state index contributed by atoms with van der Waals surface area (Å²) >= 11 is 5.88. The molecule has 0 spiro atoms. The molecule has 0 aliphatic carbocycles. The molecule has 0 saturated heterocycles. The number of nitrogens with one attached hydrogen (secondary N) is 1. The molecular formula is C12H12ClN3O2S. The number of nitrogens with zero attached hydrogens (tertiary/aromatic N) is 1. The molecule has 0 saturated carbocycles. The molecule has 0 amide bonds. The lowest BCUT2D eigenvalue weighted by molar-refractivity contribution is 0.601. The number of anilines is 2. The summed E-state index contributed by atoms with van der Waals surface area (Å²) in [5.74, 6) is 0.235. The van der Waals surface area contributed by atoms with Crippen LogP contribution in [0, 0.1) is 6.92 Å². The largest absolute Gasteiger partial charge is 0.399 e. The van der Waals surface area contributed by atoms with Gasteiger partial charge in [-0.15, -0.1) is 0 Å². The summed E-state index contributed by atoms with van der Waals surface area (Å²) in [5, 5.41) is 0.106. The fourth-order valence-corrected chi connectivity index (χ4v) is 3.06. The van der Waals surface area contributed by atoms with Gasteiger partial charge in [-0.1, -0.05) is 17.7 Å². The van der Waals surface area contributed by atoms with Crippen LogP contribution >= 0.6 is 11.6 Å². The Kier molecular flexibility index (Phi) is 3.64. The number of aromatic nitrogens is 1. The van der Waals surface area contributed by atoms with Crippen molar-refractivity contribution < 1.29 is 8.42 Å². The van der Waals surface area contributed by atoms with Gasteiger partial charge in [0.1, 0.15) is 10.7 Å². The molecule has 1 heterocycles. The van der Waals surface area contributed by atoms with Crippen LogP contribution in [0.5, 0.6) is 0 Å². The number of sulfonamides is 1. The highest BCUT2D eigenvalue weighted by molar-refractivity contribution is 7.92. The second-order valence-electron chi connectivity index (χ2n) is 3.96. The molecule has 0 bridgehead atoms. The van der Waals surface area contributed by atoms with Crippen molar-refractivity contribution in [2.45, 2.75) is 11.8 Å². The van der Waals surface area contributed by atoms with Gasteiger partial charge in [0.2, 0.25) is 0 Å². The molecule has 19 heavy (non-hydrogen) atoms. The van der Waals surface area contributed by atoms with Crippen LogP contribution in [-0.4, -0.2) is 13.4 Å². The number of rotatable bonds is 3. The normalized spacial score (nSPS) is 11.3. The molecule has 100 valence electrons. The van der Waals surface area contributed by atoms with Gasteiger partial charge in [-0.2, -0.15) is 0 Å². The highest BCUT2D eigenvalue weighted by Gasteiger charge is 2.18. The van der Waals surface area contributed by atoms with E-state index in [-0.39, 0.29) is 15.7 Å². The van der Waals surface area contributed by atoms with Crippen LogP contribution in [0.3, 0.4) is 0 Å². The van der Waals surface area contributed by atoms with Crippen molar-refractivity contribution in [1.29, 1.82) is 0 Å². The monoisotopic (exact) mass is 297 g/mol. The van der Waals surface area contributed by atoms with E-state index in [4.69, 9.17) is 17.3 Å². The summed E-state index contributed by atoms with van der Waals surface area (Å²) in [4.78, 5) is 4.00. The zero-order valence-electron chi connectivity index (χ0n) is 10.1. The number of aryl methyl sites for hydroxylation is 1. The van der Waals surface area contributed by atoms with E-state index in [1.165, 1.54) is 18.2 Å². The predicted molar refractivity (Wildman–Crippen MR) is 75.6 cm³/mol. The molecule has 3 N–H and O–H groups in total. The van der Waals surface area contributed by atoms with Gasteiger partial charge in [0.15, 0.2) is 0 Å². The average Bonchev–Trinajstić information content (AvgIpc) is 2.31. The zero-order valence-corrected chi connectivity index (χ0v) is 11.7. The number of nitrogen functional groups attached to an aromatic ring is 1. The first kappa shape index (κ1) is 13.6. The summed E-state index contributed by atoms with van der Waals surface area (Å²) in [7, 11) is -3.81. The lowest BCUT2D eigenvalue weighted by Crippen LogP contribution is -2.15. The second-order valence-corrected chi connectivity index (χ2v) is 6.02. The SMILES string of the molecule is Cc1cccc(NS(=O)(=O)c2cc(N)ccc2Cl)n1. The maximum absolute atomic E-state index is 12.2. The average molecular weight is 298 g/mol. The molecule has 0 atom stereocenters. The van der Waals surface area contributed by atoms with Gasteiger partial charge in [-0.3, -0.25) is 4.72 Å². The third kappa shape index (κ3) is 3.15. The standard InChI is InChI=1S/C12H12ClN3O2S/c1-8-3-2-4-12(15-8)16-19(17,18)11-7-9(14)5-6-10(11)13/h2-7H,14H2,1H3,(H,15,16). The Morgan fingerprint density at radius 1 is 1.26 bits per heavy atom. The maximum atomic E-state index is 12.2. The first-order valence-corrected chi connectivity index (χ1v) is 7.26. The Morgan fingerprint density at radius 3 is 2.68 bits per heavy atom. The van der Waals surface area contributed by atoms with Crippen molar-refractivity contribution in [3.8, 4) is 0 Å². The van der Waals surface area contributed by atoms with Crippen LogP contribution in [0.25, 0.3) is 0 Å². The van der Waals surface area contributed by atoms with E-state index in [0.717, 1.165) is 0 Å². The Hall–Kier alpha value is -1.79. The van der Waals surface area contributed by atoms with Crippen LogP contribution in [0.2, 0.25) is 5.02 Å². The van der Waals surface area contributed by atoms with Gasteiger partial charge >= 0.3 is 0 Å². The van der Waals surface area contributed by atoms with Gasteiger partial charge < -0.3 is 5.73 Å². The van der Waals surface area contributed by atoms with Crippen LogP contribution in [0.4, 0.5) is 11.5 Å². The van der Waals surface area contributed by atoms with E-state index >= 15 is 0 Å². The maximum Gasteiger partial charge on any atom is 0.264 e.